The number of hydrogen-bond donors (Lipinski definition) is 1. The van der Waals surface area contributed by atoms with Gasteiger partial charge >= 0.3 is 5.97 Å². The van der Waals surface area contributed by atoms with E-state index in [0.29, 0.717) is 24.2 Å². The Labute approximate surface area is 216 Å². The van der Waals surface area contributed by atoms with Crippen LogP contribution in [0.25, 0.3) is 11.1 Å². The quantitative estimate of drug-likeness (QED) is 0.240. The van der Waals surface area contributed by atoms with Gasteiger partial charge in [-0.25, -0.2) is 4.79 Å². The average molecular weight is 496 g/mol. The van der Waals surface area contributed by atoms with Gasteiger partial charge in [0.25, 0.3) is 5.91 Å². The van der Waals surface area contributed by atoms with Crippen molar-refractivity contribution in [3.8, 4) is 11.1 Å². The number of hydrogen-bond acceptors (Lipinski definition) is 3. The topological polar surface area (TPSA) is 57.6 Å². The van der Waals surface area contributed by atoms with Crippen LogP contribution in [0, 0.1) is 0 Å². The van der Waals surface area contributed by atoms with Crippen LogP contribution < -0.4 is 0 Å². The van der Waals surface area contributed by atoms with E-state index in [9.17, 15) is 14.7 Å². The molecule has 4 rings (SSSR count). The van der Waals surface area contributed by atoms with Crippen LogP contribution in [0.2, 0.25) is 0 Å². The van der Waals surface area contributed by atoms with Gasteiger partial charge in [0.15, 0.2) is 0 Å². The molecule has 0 aliphatic heterocycles. The lowest BCUT2D eigenvalue weighted by atomic mass is 9.98. The molecule has 0 spiro atoms. The van der Waals surface area contributed by atoms with Gasteiger partial charge in [0.1, 0.15) is 0 Å². The number of benzene rings is 4. The molecule has 0 aliphatic carbocycles. The molecule has 0 saturated carbocycles. The molecule has 0 aliphatic rings. The van der Waals surface area contributed by atoms with E-state index in [1.807, 2.05) is 90.0 Å². The molecule has 4 aromatic carbocycles. The fourth-order valence-corrected chi connectivity index (χ4v) is 4.63. The highest BCUT2D eigenvalue weighted by Gasteiger charge is 2.17. The monoisotopic (exact) mass is 495 g/mol. The standard InChI is InChI=1S/C31H29NO3S/c1-36-27-19-17-26(18-20-27)30(33)32(21-7-10-23-8-3-2-4-9-23)22-24-13-15-25(16-14-24)28-11-5-6-12-29(28)31(34)35/h2-6,8-9,11-20H,7,10,21-22H2,1H3,(H,34,35). The van der Waals surface area contributed by atoms with Crippen molar-refractivity contribution in [2.75, 3.05) is 12.8 Å². The molecule has 0 fully saturated rings. The predicted molar refractivity (Wildman–Crippen MR) is 147 cm³/mol. The summed E-state index contributed by atoms with van der Waals surface area (Å²) in [5.41, 5.74) is 4.74. The lowest BCUT2D eigenvalue weighted by Gasteiger charge is -2.23. The molecule has 1 N–H and O–H groups in total. The number of aryl methyl sites for hydroxylation is 1. The summed E-state index contributed by atoms with van der Waals surface area (Å²) < 4.78 is 0. The second-order valence-electron chi connectivity index (χ2n) is 8.59. The zero-order valence-electron chi connectivity index (χ0n) is 20.3. The van der Waals surface area contributed by atoms with Gasteiger partial charge in [-0.2, -0.15) is 0 Å². The SMILES string of the molecule is CSc1ccc(C(=O)N(CCCc2ccccc2)Cc2ccc(-c3ccccc3C(=O)O)cc2)cc1. The van der Waals surface area contributed by atoms with Crippen molar-refractivity contribution < 1.29 is 14.7 Å². The summed E-state index contributed by atoms with van der Waals surface area (Å²) >= 11 is 1.65. The first-order chi connectivity index (χ1) is 17.5. The van der Waals surface area contributed by atoms with Gasteiger partial charge in [0.05, 0.1) is 5.56 Å². The maximum atomic E-state index is 13.5. The Morgan fingerprint density at radius 2 is 1.44 bits per heavy atom. The molecular formula is C31H29NO3S. The molecule has 0 aromatic heterocycles. The molecule has 4 aromatic rings. The van der Waals surface area contributed by atoms with Crippen LogP contribution in [0.1, 0.15) is 38.3 Å². The zero-order chi connectivity index (χ0) is 25.3. The molecule has 5 heteroatoms. The number of carboxylic acids is 1. The minimum absolute atomic E-state index is 0.0102. The van der Waals surface area contributed by atoms with E-state index in [4.69, 9.17) is 0 Å². The molecule has 0 saturated heterocycles. The van der Waals surface area contributed by atoms with E-state index >= 15 is 0 Å². The van der Waals surface area contributed by atoms with Crippen LogP contribution in [0.3, 0.4) is 0 Å². The molecule has 0 bridgehead atoms. The lowest BCUT2D eigenvalue weighted by Crippen LogP contribution is -2.31. The van der Waals surface area contributed by atoms with E-state index < -0.39 is 5.97 Å². The molecule has 0 heterocycles. The third-order valence-electron chi connectivity index (χ3n) is 6.16. The second-order valence-corrected chi connectivity index (χ2v) is 9.47. The summed E-state index contributed by atoms with van der Waals surface area (Å²) in [4.78, 5) is 28.1. The molecular weight excluding hydrogens is 466 g/mol. The van der Waals surface area contributed by atoms with Gasteiger partial charge in [-0.3, -0.25) is 4.79 Å². The van der Waals surface area contributed by atoms with Crippen LogP contribution in [0.4, 0.5) is 0 Å². The number of aromatic carboxylic acids is 1. The van der Waals surface area contributed by atoms with Crippen LogP contribution in [-0.4, -0.2) is 34.7 Å². The Bertz CT molecular complexity index is 1300. The maximum Gasteiger partial charge on any atom is 0.336 e. The Hall–Kier alpha value is -3.83. The minimum Gasteiger partial charge on any atom is -0.478 e. The van der Waals surface area contributed by atoms with E-state index in [-0.39, 0.29) is 11.5 Å². The van der Waals surface area contributed by atoms with Crippen LogP contribution in [0.5, 0.6) is 0 Å². The van der Waals surface area contributed by atoms with E-state index in [1.165, 1.54) is 5.56 Å². The predicted octanol–water partition coefficient (Wildman–Crippen LogP) is 7.05. The van der Waals surface area contributed by atoms with E-state index in [2.05, 4.69) is 12.1 Å². The highest BCUT2D eigenvalue weighted by molar-refractivity contribution is 7.98. The van der Waals surface area contributed by atoms with Crippen molar-refractivity contribution in [3.63, 3.8) is 0 Å². The number of thioether (sulfide) groups is 1. The first-order valence-corrected chi connectivity index (χ1v) is 13.2. The number of nitrogens with zero attached hydrogens (tertiary/aromatic N) is 1. The van der Waals surface area contributed by atoms with Crippen LogP contribution in [-0.2, 0) is 13.0 Å². The van der Waals surface area contributed by atoms with Gasteiger partial charge in [0.2, 0.25) is 0 Å². The molecule has 0 radical (unpaired) electrons. The highest BCUT2D eigenvalue weighted by atomic mass is 32.2. The first-order valence-electron chi connectivity index (χ1n) is 11.9. The van der Waals surface area contributed by atoms with Gasteiger partial charge in [-0.1, -0.05) is 72.8 Å². The van der Waals surface area contributed by atoms with Crippen molar-refractivity contribution in [1.29, 1.82) is 0 Å². The van der Waals surface area contributed by atoms with Gasteiger partial charge < -0.3 is 10.0 Å². The third-order valence-corrected chi connectivity index (χ3v) is 6.90. The first kappa shape index (κ1) is 25.3. The summed E-state index contributed by atoms with van der Waals surface area (Å²) in [7, 11) is 0. The normalized spacial score (nSPS) is 10.7. The molecule has 1 amide bonds. The smallest absolute Gasteiger partial charge is 0.336 e. The van der Waals surface area contributed by atoms with Crippen molar-refractivity contribution in [3.05, 3.63) is 125 Å². The fourth-order valence-electron chi connectivity index (χ4n) is 4.22. The summed E-state index contributed by atoms with van der Waals surface area (Å²) in [5.74, 6) is -0.937. The van der Waals surface area contributed by atoms with Crippen LogP contribution in [0.15, 0.2) is 108 Å². The maximum absolute atomic E-state index is 13.5. The molecule has 0 atom stereocenters. The number of rotatable bonds is 10. The van der Waals surface area contributed by atoms with Crippen LogP contribution >= 0.6 is 11.8 Å². The zero-order valence-corrected chi connectivity index (χ0v) is 21.1. The summed E-state index contributed by atoms with van der Waals surface area (Å²) in [6, 6.07) is 32.9. The Kier molecular flexibility index (Phi) is 8.58. The van der Waals surface area contributed by atoms with E-state index in [1.54, 1.807) is 23.9 Å². The van der Waals surface area contributed by atoms with Crippen molar-refractivity contribution >= 4 is 23.6 Å². The third kappa shape index (κ3) is 6.43. The summed E-state index contributed by atoms with van der Waals surface area (Å²) in [6.07, 6.45) is 3.79. The largest absolute Gasteiger partial charge is 0.478 e. The molecule has 4 nitrogen and oxygen atoms in total. The summed E-state index contributed by atoms with van der Waals surface area (Å²) in [6.45, 7) is 1.13. The van der Waals surface area contributed by atoms with Crippen molar-refractivity contribution in [2.24, 2.45) is 0 Å². The van der Waals surface area contributed by atoms with Crippen molar-refractivity contribution in [2.45, 2.75) is 24.3 Å². The van der Waals surface area contributed by atoms with Gasteiger partial charge in [-0.15, -0.1) is 11.8 Å². The number of carbonyl (C=O) groups is 2. The average Bonchev–Trinajstić information content (AvgIpc) is 2.93. The number of amides is 1. The molecule has 0 unspecified atom stereocenters. The molecule has 182 valence electrons. The van der Waals surface area contributed by atoms with Gasteiger partial charge in [0, 0.05) is 23.5 Å². The van der Waals surface area contributed by atoms with E-state index in [0.717, 1.165) is 28.9 Å². The second kappa shape index (κ2) is 12.2. The lowest BCUT2D eigenvalue weighted by molar-refractivity contribution is 0.0696. The summed E-state index contributed by atoms with van der Waals surface area (Å²) in [5, 5.41) is 9.52. The number of carbonyl (C=O) groups excluding carboxylic acids is 1. The number of carboxylic acid groups (broad SMARTS) is 1. The Balaban J connectivity index is 1.52. The Morgan fingerprint density at radius 1 is 0.778 bits per heavy atom. The molecule has 36 heavy (non-hydrogen) atoms. The Morgan fingerprint density at radius 3 is 2.11 bits per heavy atom. The van der Waals surface area contributed by atoms with Crippen molar-refractivity contribution in [1.82, 2.24) is 4.90 Å². The highest BCUT2D eigenvalue weighted by Crippen LogP contribution is 2.25. The minimum atomic E-state index is -0.947. The van der Waals surface area contributed by atoms with Gasteiger partial charge in [-0.05, 0) is 71.7 Å². The fraction of sp³-hybridized carbons (Fsp3) is 0.161.